The summed E-state index contributed by atoms with van der Waals surface area (Å²) in [5, 5.41) is 12.7. The van der Waals surface area contributed by atoms with Crippen molar-refractivity contribution in [2.75, 3.05) is 6.54 Å². The van der Waals surface area contributed by atoms with Crippen LogP contribution in [0.5, 0.6) is 0 Å². The largest absolute Gasteiger partial charge is 0.391 e. The number of carbonyl (C=O) groups excluding carboxylic acids is 1. The predicted octanol–water partition coefficient (Wildman–Crippen LogP) is 1.81. The Morgan fingerprint density at radius 3 is 2.68 bits per heavy atom. The van der Waals surface area contributed by atoms with Gasteiger partial charge in [-0.15, -0.1) is 0 Å². The third-order valence-corrected chi connectivity index (χ3v) is 3.83. The van der Waals surface area contributed by atoms with E-state index in [4.69, 9.17) is 5.73 Å². The van der Waals surface area contributed by atoms with Crippen LogP contribution in [0.3, 0.4) is 0 Å². The minimum absolute atomic E-state index is 0.0594. The fourth-order valence-electron chi connectivity index (χ4n) is 2.96. The van der Waals surface area contributed by atoms with Crippen LogP contribution in [-0.2, 0) is 4.79 Å². The highest BCUT2D eigenvalue weighted by atomic mass is 16.3. The molecule has 4 nitrogen and oxygen atoms in total. The Labute approximate surface area is 117 Å². The Morgan fingerprint density at radius 2 is 2.16 bits per heavy atom. The lowest BCUT2D eigenvalue weighted by Crippen LogP contribution is -2.57. The first kappa shape index (κ1) is 16.4. The van der Waals surface area contributed by atoms with Crippen LogP contribution in [0.4, 0.5) is 0 Å². The molecule has 1 aliphatic carbocycles. The van der Waals surface area contributed by atoms with E-state index in [1.165, 1.54) is 0 Å². The van der Waals surface area contributed by atoms with E-state index in [9.17, 15) is 9.90 Å². The van der Waals surface area contributed by atoms with E-state index in [1.54, 1.807) is 0 Å². The number of rotatable bonds is 4. The number of hydrogen-bond acceptors (Lipinski definition) is 3. The van der Waals surface area contributed by atoms with Crippen molar-refractivity contribution in [1.29, 1.82) is 0 Å². The first-order valence-electron chi connectivity index (χ1n) is 7.38. The zero-order valence-corrected chi connectivity index (χ0v) is 12.8. The van der Waals surface area contributed by atoms with Crippen LogP contribution in [0.15, 0.2) is 0 Å². The van der Waals surface area contributed by atoms with Crippen LogP contribution >= 0.6 is 0 Å². The quantitative estimate of drug-likeness (QED) is 0.729. The van der Waals surface area contributed by atoms with E-state index in [-0.39, 0.29) is 11.3 Å². The number of aliphatic hydroxyl groups excluding tert-OH is 1. The van der Waals surface area contributed by atoms with Crippen molar-refractivity contribution in [1.82, 2.24) is 5.32 Å². The lowest BCUT2D eigenvalue weighted by Gasteiger charge is -2.35. The molecule has 0 radical (unpaired) electrons. The molecule has 3 unspecified atom stereocenters. The van der Waals surface area contributed by atoms with Gasteiger partial charge in [-0.2, -0.15) is 0 Å². The van der Waals surface area contributed by atoms with Crippen molar-refractivity contribution in [2.24, 2.45) is 17.1 Å². The highest BCUT2D eigenvalue weighted by Crippen LogP contribution is 2.30. The van der Waals surface area contributed by atoms with E-state index in [0.717, 1.165) is 25.7 Å². The van der Waals surface area contributed by atoms with E-state index in [0.29, 0.717) is 18.9 Å². The van der Waals surface area contributed by atoms with Crippen molar-refractivity contribution < 1.29 is 9.90 Å². The molecule has 0 aromatic rings. The maximum absolute atomic E-state index is 12.2. The molecule has 0 spiro atoms. The Morgan fingerprint density at radius 1 is 1.53 bits per heavy atom. The molecule has 19 heavy (non-hydrogen) atoms. The van der Waals surface area contributed by atoms with Gasteiger partial charge in [0.15, 0.2) is 0 Å². The molecule has 1 amide bonds. The molecular formula is C15H30N2O2. The average Bonchev–Trinajstić information content (AvgIpc) is 2.23. The van der Waals surface area contributed by atoms with Crippen molar-refractivity contribution in [2.45, 2.75) is 71.4 Å². The Balaban J connectivity index is 2.42. The molecule has 4 N–H and O–H groups in total. The van der Waals surface area contributed by atoms with Crippen molar-refractivity contribution >= 4 is 5.91 Å². The highest BCUT2D eigenvalue weighted by Gasteiger charge is 2.37. The molecule has 0 bridgehead atoms. The van der Waals surface area contributed by atoms with Crippen LogP contribution in [0.25, 0.3) is 0 Å². The molecule has 112 valence electrons. The summed E-state index contributed by atoms with van der Waals surface area (Å²) in [6.07, 6.45) is 3.82. The van der Waals surface area contributed by atoms with Gasteiger partial charge < -0.3 is 16.2 Å². The van der Waals surface area contributed by atoms with Gasteiger partial charge in [0.1, 0.15) is 0 Å². The third-order valence-electron chi connectivity index (χ3n) is 3.83. The molecule has 0 heterocycles. The summed E-state index contributed by atoms with van der Waals surface area (Å²) >= 11 is 0. The SMILES string of the molecule is CC1CCCC(N)(C(=O)NCC(O)CC(C)(C)C)C1. The summed E-state index contributed by atoms with van der Waals surface area (Å²) in [5.74, 6) is 0.399. The third kappa shape index (κ3) is 5.49. The van der Waals surface area contributed by atoms with E-state index in [2.05, 4.69) is 33.0 Å². The second-order valence-corrected chi connectivity index (χ2v) is 7.49. The topological polar surface area (TPSA) is 75.4 Å². The van der Waals surface area contributed by atoms with Gasteiger partial charge in [0.05, 0.1) is 11.6 Å². The average molecular weight is 270 g/mol. The second-order valence-electron chi connectivity index (χ2n) is 7.49. The monoisotopic (exact) mass is 270 g/mol. The Kier molecular flexibility index (Phi) is 5.39. The van der Waals surface area contributed by atoms with Gasteiger partial charge in [-0.05, 0) is 30.6 Å². The molecule has 0 saturated heterocycles. The molecule has 3 atom stereocenters. The van der Waals surface area contributed by atoms with Crippen LogP contribution < -0.4 is 11.1 Å². The number of aliphatic hydroxyl groups is 1. The molecule has 4 heteroatoms. The zero-order chi connectivity index (χ0) is 14.7. The molecule has 0 aliphatic heterocycles. The lowest BCUT2D eigenvalue weighted by atomic mass is 9.76. The predicted molar refractivity (Wildman–Crippen MR) is 77.6 cm³/mol. The van der Waals surface area contributed by atoms with E-state index in [1.807, 2.05) is 0 Å². The van der Waals surface area contributed by atoms with Crippen molar-refractivity contribution in [3.8, 4) is 0 Å². The van der Waals surface area contributed by atoms with Crippen molar-refractivity contribution in [3.05, 3.63) is 0 Å². The molecule has 0 aromatic heterocycles. The van der Waals surface area contributed by atoms with Crippen LogP contribution in [0.2, 0.25) is 0 Å². The molecule has 0 aromatic carbocycles. The summed E-state index contributed by atoms with van der Waals surface area (Å²) in [7, 11) is 0. The highest BCUT2D eigenvalue weighted by molar-refractivity contribution is 5.86. The van der Waals surface area contributed by atoms with Gasteiger partial charge in [-0.25, -0.2) is 0 Å². The van der Waals surface area contributed by atoms with Crippen LogP contribution in [0, 0.1) is 11.3 Å². The zero-order valence-electron chi connectivity index (χ0n) is 12.8. The van der Waals surface area contributed by atoms with Crippen molar-refractivity contribution in [3.63, 3.8) is 0 Å². The van der Waals surface area contributed by atoms with E-state index < -0.39 is 11.6 Å². The van der Waals surface area contributed by atoms with Gasteiger partial charge in [-0.3, -0.25) is 4.79 Å². The number of amides is 1. The minimum atomic E-state index is -0.737. The normalized spacial score (nSPS) is 29.9. The smallest absolute Gasteiger partial charge is 0.240 e. The molecule has 1 rings (SSSR count). The Hall–Kier alpha value is -0.610. The number of nitrogens with one attached hydrogen (secondary N) is 1. The molecule has 1 aliphatic rings. The summed E-state index contributed by atoms with van der Waals surface area (Å²) in [5.41, 5.74) is 5.54. The lowest BCUT2D eigenvalue weighted by molar-refractivity contribution is -0.128. The molecule has 1 fully saturated rings. The first-order valence-corrected chi connectivity index (χ1v) is 7.38. The second kappa shape index (κ2) is 6.23. The van der Waals surface area contributed by atoms with Gasteiger partial charge in [0.2, 0.25) is 5.91 Å². The molecular weight excluding hydrogens is 240 g/mol. The van der Waals surface area contributed by atoms with Crippen LogP contribution in [0.1, 0.15) is 59.8 Å². The first-order chi connectivity index (χ1) is 8.62. The van der Waals surface area contributed by atoms with Crippen LogP contribution in [-0.4, -0.2) is 29.2 Å². The summed E-state index contributed by atoms with van der Waals surface area (Å²) in [4.78, 5) is 12.2. The number of nitrogens with two attached hydrogens (primary N) is 1. The Bertz CT molecular complexity index is 312. The fraction of sp³-hybridized carbons (Fsp3) is 0.933. The minimum Gasteiger partial charge on any atom is -0.391 e. The van der Waals surface area contributed by atoms with Gasteiger partial charge in [-0.1, -0.05) is 40.5 Å². The summed E-state index contributed by atoms with van der Waals surface area (Å²) in [6.45, 7) is 8.66. The summed E-state index contributed by atoms with van der Waals surface area (Å²) in [6, 6.07) is 0. The number of hydrogen-bond donors (Lipinski definition) is 3. The van der Waals surface area contributed by atoms with E-state index >= 15 is 0 Å². The maximum atomic E-state index is 12.2. The van der Waals surface area contributed by atoms with Gasteiger partial charge in [0.25, 0.3) is 0 Å². The fourth-order valence-corrected chi connectivity index (χ4v) is 2.96. The van der Waals surface area contributed by atoms with Gasteiger partial charge >= 0.3 is 0 Å². The standard InChI is InChI=1S/C15H30N2O2/c1-11-6-5-7-15(16,8-11)13(19)17-10-12(18)9-14(2,3)4/h11-12,18H,5-10,16H2,1-4H3,(H,17,19). The number of carbonyl (C=O) groups is 1. The maximum Gasteiger partial charge on any atom is 0.240 e. The van der Waals surface area contributed by atoms with Gasteiger partial charge in [0, 0.05) is 6.54 Å². The summed E-state index contributed by atoms with van der Waals surface area (Å²) < 4.78 is 0. The molecule has 1 saturated carbocycles.